The molecule has 3 aromatic rings. The van der Waals surface area contributed by atoms with Crippen LogP contribution >= 0.6 is 34.5 Å². The van der Waals surface area contributed by atoms with Crippen molar-refractivity contribution >= 4 is 46.5 Å². The molecule has 0 saturated heterocycles. The highest BCUT2D eigenvalue weighted by Crippen LogP contribution is 2.35. The maximum Gasteiger partial charge on any atom is 0.196 e. The summed E-state index contributed by atoms with van der Waals surface area (Å²) in [6, 6.07) is 10.5. The molecule has 0 aliphatic heterocycles. The molecule has 0 aliphatic carbocycles. The molecule has 0 saturated carbocycles. The van der Waals surface area contributed by atoms with Crippen molar-refractivity contribution < 1.29 is 14.6 Å². The molecule has 0 radical (unpaired) electrons. The zero-order valence-electron chi connectivity index (χ0n) is 15.1. The Kier molecular flexibility index (Phi) is 6.34. The zero-order chi connectivity index (χ0) is 20.3. The molecule has 144 valence electrons. The Bertz CT molecular complexity index is 1050. The van der Waals surface area contributed by atoms with E-state index in [1.165, 1.54) is 24.7 Å². The number of hydrogen-bond acceptors (Lipinski definition) is 6. The number of Topliss-reactive ketones (excluding diaryl/α,β-unsaturated/α-hetero) is 1. The molecule has 0 unspecified atom stereocenters. The van der Waals surface area contributed by atoms with Gasteiger partial charge in [0.15, 0.2) is 17.3 Å². The lowest BCUT2D eigenvalue weighted by Crippen LogP contribution is -2.03. The third-order valence-corrected chi connectivity index (χ3v) is 5.83. The van der Waals surface area contributed by atoms with E-state index in [9.17, 15) is 9.90 Å². The average Bonchev–Trinajstić information content (AvgIpc) is 3.07. The lowest BCUT2D eigenvalue weighted by molar-refractivity contribution is 0.100. The summed E-state index contributed by atoms with van der Waals surface area (Å²) < 4.78 is 4.99. The number of thiazole rings is 1. The van der Waals surface area contributed by atoms with Crippen LogP contribution in [0.4, 0.5) is 0 Å². The Labute approximate surface area is 176 Å². The lowest BCUT2D eigenvalue weighted by Gasteiger charge is -2.06. The first kappa shape index (κ1) is 20.3. The van der Waals surface area contributed by atoms with Crippen LogP contribution in [-0.2, 0) is 0 Å². The van der Waals surface area contributed by atoms with Crippen molar-refractivity contribution in [3.05, 3.63) is 62.6 Å². The summed E-state index contributed by atoms with van der Waals surface area (Å²) in [7, 11) is 1.44. The monoisotopic (exact) mass is 434 g/mol. The SMILES string of the molecule is COc1ccc(C=NCC(=O)c2sc(-c3ccc(Cl)cc3)nc2C)c(Cl)c1O. The van der Waals surface area contributed by atoms with Gasteiger partial charge in [0.2, 0.25) is 0 Å². The second-order valence-electron chi connectivity index (χ2n) is 5.85. The van der Waals surface area contributed by atoms with Gasteiger partial charge >= 0.3 is 0 Å². The van der Waals surface area contributed by atoms with Crippen LogP contribution in [0.5, 0.6) is 11.5 Å². The molecule has 0 aliphatic rings. The van der Waals surface area contributed by atoms with Gasteiger partial charge in [0.05, 0.1) is 22.7 Å². The number of hydrogen-bond donors (Lipinski definition) is 1. The number of nitrogens with zero attached hydrogens (tertiary/aromatic N) is 2. The highest BCUT2D eigenvalue weighted by atomic mass is 35.5. The molecule has 2 aromatic carbocycles. The van der Waals surface area contributed by atoms with Gasteiger partial charge in [-0.25, -0.2) is 4.98 Å². The molecule has 3 rings (SSSR count). The van der Waals surface area contributed by atoms with Gasteiger partial charge < -0.3 is 9.84 Å². The van der Waals surface area contributed by atoms with Gasteiger partial charge in [0.1, 0.15) is 11.6 Å². The van der Waals surface area contributed by atoms with Crippen molar-refractivity contribution in [2.75, 3.05) is 13.7 Å². The van der Waals surface area contributed by atoms with E-state index in [4.69, 9.17) is 27.9 Å². The van der Waals surface area contributed by atoms with Crippen LogP contribution < -0.4 is 4.74 Å². The Morgan fingerprint density at radius 2 is 1.96 bits per heavy atom. The largest absolute Gasteiger partial charge is 0.503 e. The number of rotatable bonds is 6. The number of carbonyl (C=O) groups excluding carboxylic acids is 1. The molecule has 5 nitrogen and oxygen atoms in total. The predicted molar refractivity (Wildman–Crippen MR) is 114 cm³/mol. The van der Waals surface area contributed by atoms with E-state index in [2.05, 4.69) is 9.98 Å². The van der Waals surface area contributed by atoms with E-state index in [1.807, 2.05) is 12.1 Å². The normalized spacial score (nSPS) is 11.1. The van der Waals surface area contributed by atoms with Gasteiger partial charge in [-0.05, 0) is 31.2 Å². The number of aliphatic imine (C=N–C) groups is 1. The summed E-state index contributed by atoms with van der Waals surface area (Å²) >= 11 is 13.3. The fourth-order valence-corrected chi connectivity index (χ4v) is 3.83. The highest BCUT2D eigenvalue weighted by Gasteiger charge is 2.16. The van der Waals surface area contributed by atoms with E-state index < -0.39 is 0 Å². The topological polar surface area (TPSA) is 71.8 Å². The van der Waals surface area contributed by atoms with E-state index >= 15 is 0 Å². The maximum absolute atomic E-state index is 12.5. The van der Waals surface area contributed by atoms with Crippen molar-refractivity contribution in [1.82, 2.24) is 4.98 Å². The molecule has 28 heavy (non-hydrogen) atoms. The van der Waals surface area contributed by atoms with Gasteiger partial charge in [0, 0.05) is 22.4 Å². The van der Waals surface area contributed by atoms with Crippen molar-refractivity contribution in [1.29, 1.82) is 0 Å². The number of phenolic OH excluding ortho intramolecular Hbond substituents is 1. The summed E-state index contributed by atoms with van der Waals surface area (Å²) in [6.45, 7) is 1.75. The summed E-state index contributed by atoms with van der Waals surface area (Å²) in [5.41, 5.74) is 2.06. The number of carbonyl (C=O) groups is 1. The number of halogens is 2. The minimum absolute atomic E-state index is 0.0494. The molecule has 1 aromatic heterocycles. The van der Waals surface area contributed by atoms with Crippen LogP contribution in [0, 0.1) is 6.92 Å². The van der Waals surface area contributed by atoms with Gasteiger partial charge in [0.25, 0.3) is 0 Å². The maximum atomic E-state index is 12.5. The summed E-state index contributed by atoms with van der Waals surface area (Å²) in [5, 5.41) is 11.4. The quantitative estimate of drug-likeness (QED) is 0.413. The highest BCUT2D eigenvalue weighted by molar-refractivity contribution is 7.17. The molecule has 0 spiro atoms. The standard InChI is InChI=1S/C20H16Cl2N2O3S/c1-11-19(28-20(24-11)12-3-6-14(21)7-4-12)15(25)10-23-9-13-5-8-16(27-2)18(26)17(13)22/h3-9,26H,10H2,1-2H3. The number of benzene rings is 2. The average molecular weight is 435 g/mol. The smallest absolute Gasteiger partial charge is 0.196 e. The van der Waals surface area contributed by atoms with Crippen LogP contribution in [0.15, 0.2) is 41.4 Å². The number of aromatic hydroxyl groups is 1. The van der Waals surface area contributed by atoms with E-state index in [-0.39, 0.29) is 28.8 Å². The van der Waals surface area contributed by atoms with Gasteiger partial charge in [-0.1, -0.05) is 35.3 Å². The molecule has 0 atom stereocenters. The van der Waals surface area contributed by atoms with Crippen molar-refractivity contribution in [2.24, 2.45) is 4.99 Å². The van der Waals surface area contributed by atoms with Crippen LogP contribution in [0.2, 0.25) is 10.0 Å². The molecule has 0 amide bonds. The lowest BCUT2D eigenvalue weighted by atomic mass is 10.2. The number of aryl methyl sites for hydroxylation is 1. The van der Waals surface area contributed by atoms with Crippen LogP contribution in [0.25, 0.3) is 10.6 Å². The van der Waals surface area contributed by atoms with Crippen molar-refractivity contribution in [2.45, 2.75) is 6.92 Å². The molecular weight excluding hydrogens is 419 g/mol. The number of aromatic nitrogens is 1. The first-order chi connectivity index (χ1) is 13.4. The number of phenols is 1. The van der Waals surface area contributed by atoms with Crippen molar-refractivity contribution in [3.8, 4) is 22.1 Å². The van der Waals surface area contributed by atoms with E-state index in [0.717, 1.165) is 10.6 Å². The predicted octanol–water partition coefficient (Wildman–Crippen LogP) is 5.44. The third-order valence-electron chi connectivity index (χ3n) is 3.94. The van der Waals surface area contributed by atoms with Gasteiger partial charge in [-0.2, -0.15) is 0 Å². The minimum atomic E-state index is -0.162. The number of ketones is 1. The Morgan fingerprint density at radius 3 is 2.64 bits per heavy atom. The number of ether oxygens (including phenoxy) is 1. The first-order valence-corrected chi connectivity index (χ1v) is 9.79. The molecule has 1 heterocycles. The molecule has 1 N–H and O–H groups in total. The fraction of sp³-hybridized carbons (Fsp3) is 0.150. The van der Waals surface area contributed by atoms with Crippen LogP contribution in [0.3, 0.4) is 0 Å². The van der Waals surface area contributed by atoms with Gasteiger partial charge in [-0.15, -0.1) is 11.3 Å². The molecular formula is C20H16Cl2N2O3S. The third kappa shape index (κ3) is 4.35. The molecule has 8 heteroatoms. The summed E-state index contributed by atoms with van der Waals surface area (Å²) in [6.07, 6.45) is 1.45. The second kappa shape index (κ2) is 8.73. The molecule has 0 fully saturated rings. The van der Waals surface area contributed by atoms with E-state index in [0.29, 0.717) is 21.2 Å². The Morgan fingerprint density at radius 1 is 1.25 bits per heavy atom. The Hall–Kier alpha value is -2.41. The zero-order valence-corrected chi connectivity index (χ0v) is 17.4. The summed E-state index contributed by atoms with van der Waals surface area (Å²) in [4.78, 5) is 21.7. The second-order valence-corrected chi connectivity index (χ2v) is 7.67. The van der Waals surface area contributed by atoms with Crippen LogP contribution in [0.1, 0.15) is 20.9 Å². The van der Waals surface area contributed by atoms with Crippen LogP contribution in [-0.4, -0.2) is 35.7 Å². The Balaban J connectivity index is 1.74. The minimum Gasteiger partial charge on any atom is -0.503 e. The fourth-order valence-electron chi connectivity index (χ4n) is 2.50. The number of methoxy groups -OCH3 is 1. The van der Waals surface area contributed by atoms with E-state index in [1.54, 1.807) is 31.2 Å². The van der Waals surface area contributed by atoms with Gasteiger partial charge in [-0.3, -0.25) is 9.79 Å². The van der Waals surface area contributed by atoms with Crippen molar-refractivity contribution in [3.63, 3.8) is 0 Å². The summed E-state index contributed by atoms with van der Waals surface area (Å²) in [5.74, 6) is -0.0288. The first-order valence-electron chi connectivity index (χ1n) is 8.22. The molecule has 0 bridgehead atoms.